The monoisotopic (exact) mass is 261 g/mol. The van der Waals surface area contributed by atoms with Gasteiger partial charge in [-0.25, -0.2) is 0 Å². The fourth-order valence-electron chi connectivity index (χ4n) is 2.60. The number of hydrogen-bond donors (Lipinski definition) is 2. The van der Waals surface area contributed by atoms with Crippen molar-refractivity contribution in [1.82, 2.24) is 5.32 Å². The lowest BCUT2D eigenvalue weighted by Crippen LogP contribution is -2.27. The number of hydrogen-bond acceptors (Lipinski definition) is 3. The lowest BCUT2D eigenvalue weighted by atomic mass is 10.1. The minimum Gasteiger partial charge on any atom is -0.496 e. The van der Waals surface area contributed by atoms with Gasteiger partial charge in [-0.05, 0) is 24.8 Å². The number of aliphatic hydroxyl groups excluding tert-OH is 1. The van der Waals surface area contributed by atoms with Crippen LogP contribution >= 0.6 is 0 Å². The average Bonchev–Trinajstić information content (AvgIpc) is 2.84. The molecule has 0 saturated heterocycles. The van der Waals surface area contributed by atoms with E-state index in [0.717, 1.165) is 43.7 Å². The molecule has 0 aliphatic heterocycles. The highest BCUT2D eigenvalue weighted by atomic mass is 16.5. The molecule has 0 aromatic heterocycles. The molecule has 3 heteroatoms. The molecule has 1 aromatic carbocycles. The maximum Gasteiger partial charge on any atom is 0.126 e. The van der Waals surface area contributed by atoms with E-state index in [2.05, 4.69) is 17.5 Å². The second-order valence-electron chi connectivity index (χ2n) is 5.06. The normalized spacial score (nSPS) is 23.1. The van der Waals surface area contributed by atoms with Gasteiger partial charge in [0.05, 0.1) is 13.2 Å². The summed E-state index contributed by atoms with van der Waals surface area (Å²) in [7, 11) is 1.69. The van der Waals surface area contributed by atoms with E-state index in [4.69, 9.17) is 4.74 Å². The second-order valence-corrected chi connectivity index (χ2v) is 5.06. The molecule has 2 N–H and O–H groups in total. The van der Waals surface area contributed by atoms with Crippen molar-refractivity contribution in [3.63, 3.8) is 0 Å². The van der Waals surface area contributed by atoms with Crippen LogP contribution in [0, 0.1) is 5.92 Å². The van der Waals surface area contributed by atoms with E-state index < -0.39 is 0 Å². The first-order valence-electron chi connectivity index (χ1n) is 6.99. The first-order chi connectivity index (χ1) is 9.31. The molecule has 2 unspecified atom stereocenters. The molecule has 19 heavy (non-hydrogen) atoms. The van der Waals surface area contributed by atoms with E-state index >= 15 is 0 Å². The fraction of sp³-hybridized carbons (Fsp3) is 0.500. The number of para-hydroxylation sites is 1. The molecule has 104 valence electrons. The Morgan fingerprint density at radius 3 is 2.95 bits per heavy atom. The molecule has 2 atom stereocenters. The maximum atomic E-state index is 9.72. The number of nitrogens with one attached hydrogen (secondary N) is 1. The van der Waals surface area contributed by atoms with Crippen LogP contribution in [0.25, 0.3) is 6.08 Å². The van der Waals surface area contributed by atoms with Crippen LogP contribution in [0.15, 0.2) is 30.3 Å². The third-order valence-electron chi connectivity index (χ3n) is 3.72. The van der Waals surface area contributed by atoms with E-state index in [1.165, 1.54) is 0 Å². The molecule has 1 aromatic rings. The number of ether oxygens (including phenoxy) is 1. The van der Waals surface area contributed by atoms with Crippen molar-refractivity contribution in [3.8, 4) is 5.75 Å². The smallest absolute Gasteiger partial charge is 0.126 e. The molecular weight excluding hydrogens is 238 g/mol. The second kappa shape index (κ2) is 7.31. The van der Waals surface area contributed by atoms with Gasteiger partial charge in [0.15, 0.2) is 0 Å². The van der Waals surface area contributed by atoms with Crippen LogP contribution in [0.4, 0.5) is 0 Å². The molecule has 3 nitrogen and oxygen atoms in total. The molecule has 0 radical (unpaired) electrons. The minimum absolute atomic E-state index is 0.106. The molecule has 0 bridgehead atoms. The van der Waals surface area contributed by atoms with Crippen molar-refractivity contribution in [2.75, 3.05) is 20.2 Å². The first-order valence-corrected chi connectivity index (χ1v) is 6.99. The Morgan fingerprint density at radius 1 is 1.37 bits per heavy atom. The van der Waals surface area contributed by atoms with Gasteiger partial charge in [0.25, 0.3) is 0 Å². The maximum absolute atomic E-state index is 9.72. The topological polar surface area (TPSA) is 41.5 Å². The zero-order chi connectivity index (χ0) is 13.5. The highest BCUT2D eigenvalue weighted by Gasteiger charge is 2.24. The van der Waals surface area contributed by atoms with Crippen LogP contribution < -0.4 is 10.1 Å². The van der Waals surface area contributed by atoms with Crippen molar-refractivity contribution in [3.05, 3.63) is 35.9 Å². The zero-order valence-electron chi connectivity index (χ0n) is 11.5. The molecule has 1 aliphatic carbocycles. The van der Waals surface area contributed by atoms with E-state index in [1.807, 2.05) is 24.3 Å². The highest BCUT2D eigenvalue weighted by molar-refractivity contribution is 5.57. The number of methoxy groups -OCH3 is 1. The third-order valence-corrected chi connectivity index (χ3v) is 3.72. The van der Waals surface area contributed by atoms with E-state index in [1.54, 1.807) is 7.11 Å². The van der Waals surface area contributed by atoms with Gasteiger partial charge >= 0.3 is 0 Å². The van der Waals surface area contributed by atoms with Gasteiger partial charge in [-0.15, -0.1) is 0 Å². The lowest BCUT2D eigenvalue weighted by molar-refractivity contribution is 0.132. The van der Waals surface area contributed by atoms with Crippen LogP contribution in [0.1, 0.15) is 24.8 Å². The van der Waals surface area contributed by atoms with Gasteiger partial charge in [0.1, 0.15) is 5.75 Å². The molecule has 1 aliphatic rings. The summed E-state index contributed by atoms with van der Waals surface area (Å²) >= 11 is 0. The minimum atomic E-state index is -0.106. The Kier molecular flexibility index (Phi) is 5.43. The van der Waals surface area contributed by atoms with E-state index in [9.17, 15) is 5.11 Å². The average molecular weight is 261 g/mol. The third kappa shape index (κ3) is 4.08. The summed E-state index contributed by atoms with van der Waals surface area (Å²) in [4.78, 5) is 0. The number of aliphatic hydroxyl groups is 1. The van der Waals surface area contributed by atoms with Gasteiger partial charge in [-0.1, -0.05) is 36.8 Å². The summed E-state index contributed by atoms with van der Waals surface area (Å²) in [5.74, 6) is 1.32. The molecule has 0 amide bonds. The quantitative estimate of drug-likeness (QED) is 0.773. The van der Waals surface area contributed by atoms with Crippen LogP contribution in [0.2, 0.25) is 0 Å². The predicted octanol–water partition coefficient (Wildman–Crippen LogP) is 2.46. The Balaban J connectivity index is 1.74. The van der Waals surface area contributed by atoms with Crippen molar-refractivity contribution >= 4 is 6.08 Å². The van der Waals surface area contributed by atoms with E-state index in [0.29, 0.717) is 5.92 Å². The summed E-state index contributed by atoms with van der Waals surface area (Å²) in [5, 5.41) is 13.1. The van der Waals surface area contributed by atoms with E-state index in [-0.39, 0.29) is 6.10 Å². The van der Waals surface area contributed by atoms with Crippen LogP contribution in [-0.4, -0.2) is 31.4 Å². The Bertz CT molecular complexity index is 417. The lowest BCUT2D eigenvalue weighted by Gasteiger charge is -2.14. The Morgan fingerprint density at radius 2 is 2.21 bits per heavy atom. The summed E-state index contributed by atoms with van der Waals surface area (Å²) in [6.07, 6.45) is 7.32. The first kappa shape index (κ1) is 14.1. The molecular formula is C16H23NO2. The summed E-state index contributed by atoms with van der Waals surface area (Å²) < 4.78 is 5.29. The number of rotatable bonds is 6. The summed E-state index contributed by atoms with van der Waals surface area (Å²) in [6, 6.07) is 7.97. The molecule has 1 saturated carbocycles. The van der Waals surface area contributed by atoms with Crippen LogP contribution in [0.3, 0.4) is 0 Å². The van der Waals surface area contributed by atoms with Gasteiger partial charge in [0.2, 0.25) is 0 Å². The van der Waals surface area contributed by atoms with Crippen molar-refractivity contribution in [2.45, 2.75) is 25.4 Å². The van der Waals surface area contributed by atoms with Crippen molar-refractivity contribution in [2.24, 2.45) is 5.92 Å². The SMILES string of the molecule is COc1ccccc1C=CCNCC1CCCC1O. The molecule has 2 rings (SSSR count). The van der Waals surface area contributed by atoms with Gasteiger partial charge in [0, 0.05) is 18.7 Å². The summed E-state index contributed by atoms with van der Waals surface area (Å²) in [5.41, 5.74) is 1.09. The van der Waals surface area contributed by atoms with Gasteiger partial charge < -0.3 is 15.2 Å². The zero-order valence-corrected chi connectivity index (χ0v) is 11.5. The van der Waals surface area contributed by atoms with Gasteiger partial charge in [-0.2, -0.15) is 0 Å². The van der Waals surface area contributed by atoms with Crippen molar-refractivity contribution in [1.29, 1.82) is 0 Å². The summed E-state index contributed by atoms with van der Waals surface area (Å²) in [6.45, 7) is 1.72. The molecule has 0 heterocycles. The standard InChI is InChI=1S/C16H23NO2/c1-19-16-10-3-2-6-13(16)8-5-11-17-12-14-7-4-9-15(14)18/h2-3,5-6,8,10,14-15,17-18H,4,7,9,11-12H2,1H3. The van der Waals surface area contributed by atoms with Gasteiger partial charge in [-0.3, -0.25) is 0 Å². The van der Waals surface area contributed by atoms with Crippen LogP contribution in [-0.2, 0) is 0 Å². The van der Waals surface area contributed by atoms with Crippen LogP contribution in [0.5, 0.6) is 5.75 Å². The number of benzene rings is 1. The fourth-order valence-corrected chi connectivity index (χ4v) is 2.60. The molecule has 0 spiro atoms. The molecule has 1 fully saturated rings. The Hall–Kier alpha value is -1.32. The van der Waals surface area contributed by atoms with Crippen molar-refractivity contribution < 1.29 is 9.84 Å². The largest absolute Gasteiger partial charge is 0.496 e. The predicted molar refractivity (Wildman–Crippen MR) is 78.2 cm³/mol. The highest BCUT2D eigenvalue weighted by Crippen LogP contribution is 2.24. The Labute approximate surface area is 115 Å².